The second-order valence-electron chi connectivity index (χ2n) is 3.63. The molecule has 1 nitrogen and oxygen atoms in total. The number of hydrogen-bond acceptors (Lipinski definition) is 2. The fourth-order valence-electron chi connectivity index (χ4n) is 1.36. The minimum atomic E-state index is -4.86. The van der Waals surface area contributed by atoms with E-state index in [-0.39, 0.29) is 64.0 Å². The van der Waals surface area contributed by atoms with Crippen molar-refractivity contribution in [3.05, 3.63) is 12.1 Å². The molecule has 0 aromatic rings. The van der Waals surface area contributed by atoms with Crippen LogP contribution in [0, 0.1) is 0 Å². The summed E-state index contributed by atoms with van der Waals surface area (Å²) in [5.41, 5.74) is -0.580. The Morgan fingerprint density at radius 2 is 2.13 bits per heavy atom. The molecule has 82 valence electrons. The van der Waals surface area contributed by atoms with Crippen LogP contribution in [0.15, 0.2) is 12.1 Å². The van der Waals surface area contributed by atoms with Gasteiger partial charge in [-0.1, -0.05) is 0 Å². The van der Waals surface area contributed by atoms with E-state index in [1.54, 1.807) is 11.8 Å². The van der Waals surface area contributed by atoms with Crippen LogP contribution >= 0.6 is 11.8 Å². The molecule has 1 atom stereocenters. The molecule has 0 aliphatic carbocycles. The van der Waals surface area contributed by atoms with E-state index in [9.17, 15) is 12.9 Å². The molecule has 15 heavy (non-hydrogen) atoms. The fourth-order valence-corrected chi connectivity index (χ4v) is 2.44. The molecule has 0 aromatic carbocycles. The van der Waals surface area contributed by atoms with E-state index in [2.05, 4.69) is 6.58 Å². The van der Waals surface area contributed by atoms with Crippen molar-refractivity contribution in [1.82, 2.24) is 4.90 Å². The average molecular weight is 263 g/mol. The van der Waals surface area contributed by atoms with Gasteiger partial charge in [-0.05, 0) is 13.5 Å². The smallest absolute Gasteiger partial charge is 0.445 e. The Balaban J connectivity index is 0.00000196. The zero-order valence-corrected chi connectivity index (χ0v) is 13.1. The SMILES string of the molecule is C=C(CN1CCSCC1C)[B-](F)(F)F.[K+]. The largest absolute Gasteiger partial charge is 1.00 e. The van der Waals surface area contributed by atoms with Gasteiger partial charge in [0.1, 0.15) is 0 Å². The number of thioether (sulfide) groups is 1. The Morgan fingerprint density at radius 1 is 1.53 bits per heavy atom. The molecule has 7 heteroatoms. The summed E-state index contributed by atoms with van der Waals surface area (Å²) >= 11 is 1.79. The van der Waals surface area contributed by atoms with Crippen LogP contribution in [0.2, 0.25) is 0 Å². The standard InChI is InChI=1S/C8H14BF3NS.K/c1-7(9(10,11)12)5-13-3-4-14-6-8(13)2;/h8H,1,3-6H2,2H3;/q-1;+1. The number of halogens is 3. The Kier molecular flexibility index (Phi) is 7.81. The van der Waals surface area contributed by atoms with Gasteiger partial charge in [-0.2, -0.15) is 11.8 Å². The van der Waals surface area contributed by atoms with Gasteiger partial charge in [0.25, 0.3) is 0 Å². The monoisotopic (exact) mass is 263 g/mol. The Morgan fingerprint density at radius 3 is 2.60 bits per heavy atom. The van der Waals surface area contributed by atoms with Gasteiger partial charge >= 0.3 is 58.4 Å². The van der Waals surface area contributed by atoms with Crippen molar-refractivity contribution in [1.29, 1.82) is 0 Å². The van der Waals surface area contributed by atoms with Gasteiger partial charge in [-0.3, -0.25) is 4.90 Å². The maximum Gasteiger partial charge on any atom is 1.00 e. The zero-order valence-electron chi connectivity index (χ0n) is 9.18. The van der Waals surface area contributed by atoms with E-state index < -0.39 is 12.4 Å². The predicted molar refractivity (Wildman–Crippen MR) is 56.6 cm³/mol. The normalized spacial score (nSPS) is 23.3. The molecular weight excluding hydrogens is 249 g/mol. The van der Waals surface area contributed by atoms with Crippen LogP contribution in [0.3, 0.4) is 0 Å². The molecule has 1 saturated heterocycles. The van der Waals surface area contributed by atoms with E-state index >= 15 is 0 Å². The average Bonchev–Trinajstić information content (AvgIpc) is 2.07. The molecule has 0 aromatic heterocycles. The van der Waals surface area contributed by atoms with Crippen molar-refractivity contribution < 1.29 is 64.3 Å². The first-order chi connectivity index (χ1) is 6.41. The maximum atomic E-state index is 12.3. The first kappa shape index (κ1) is 16.5. The topological polar surface area (TPSA) is 3.24 Å². The van der Waals surface area contributed by atoms with Gasteiger partial charge in [-0.15, -0.1) is 12.1 Å². The maximum absolute atomic E-state index is 12.3. The quantitative estimate of drug-likeness (QED) is 0.624. The minimum absolute atomic E-state index is 0. The number of rotatable bonds is 3. The second-order valence-corrected chi connectivity index (χ2v) is 4.78. The van der Waals surface area contributed by atoms with Gasteiger partial charge in [0, 0.05) is 24.1 Å². The van der Waals surface area contributed by atoms with Gasteiger partial charge < -0.3 is 12.9 Å². The Hall–Kier alpha value is 1.54. The van der Waals surface area contributed by atoms with Crippen LogP contribution < -0.4 is 51.4 Å². The predicted octanol–water partition coefficient (Wildman–Crippen LogP) is -0.629. The van der Waals surface area contributed by atoms with Crippen molar-refractivity contribution in [2.75, 3.05) is 24.6 Å². The number of hydrogen-bond donors (Lipinski definition) is 0. The molecule has 1 heterocycles. The summed E-state index contributed by atoms with van der Waals surface area (Å²) in [6, 6.07) is 0.226. The second kappa shape index (κ2) is 7.08. The summed E-state index contributed by atoms with van der Waals surface area (Å²) in [5, 5.41) is 0. The molecule has 1 aliphatic rings. The molecule has 0 bridgehead atoms. The molecule has 1 unspecified atom stereocenters. The number of nitrogens with zero attached hydrogens (tertiary/aromatic N) is 1. The molecule has 0 amide bonds. The molecule has 1 rings (SSSR count). The van der Waals surface area contributed by atoms with E-state index in [1.807, 2.05) is 11.8 Å². The van der Waals surface area contributed by atoms with E-state index in [0.29, 0.717) is 0 Å². The Bertz CT molecular complexity index is 224. The fraction of sp³-hybridized carbons (Fsp3) is 0.750. The van der Waals surface area contributed by atoms with Crippen molar-refractivity contribution >= 4 is 18.7 Å². The van der Waals surface area contributed by atoms with Crippen LogP contribution in [0.4, 0.5) is 12.9 Å². The summed E-state index contributed by atoms with van der Waals surface area (Å²) in [4.78, 5) is 1.86. The molecule has 0 N–H and O–H groups in total. The van der Waals surface area contributed by atoms with Crippen LogP contribution in [-0.4, -0.2) is 42.5 Å². The van der Waals surface area contributed by atoms with E-state index in [1.165, 1.54) is 0 Å². The van der Waals surface area contributed by atoms with Crippen LogP contribution in [0.5, 0.6) is 0 Å². The third-order valence-corrected chi connectivity index (χ3v) is 3.56. The van der Waals surface area contributed by atoms with Crippen LogP contribution in [0.25, 0.3) is 0 Å². The first-order valence-electron chi connectivity index (χ1n) is 4.60. The van der Waals surface area contributed by atoms with Gasteiger partial charge in [0.2, 0.25) is 0 Å². The van der Waals surface area contributed by atoms with E-state index in [4.69, 9.17) is 0 Å². The van der Waals surface area contributed by atoms with E-state index in [0.717, 1.165) is 18.1 Å². The zero-order chi connectivity index (χ0) is 10.8. The minimum Gasteiger partial charge on any atom is -0.445 e. The molecule has 1 aliphatic heterocycles. The van der Waals surface area contributed by atoms with Gasteiger partial charge in [0.05, 0.1) is 0 Å². The van der Waals surface area contributed by atoms with Crippen molar-refractivity contribution in [3.63, 3.8) is 0 Å². The van der Waals surface area contributed by atoms with Crippen LogP contribution in [-0.2, 0) is 0 Å². The Labute approximate surface area is 136 Å². The summed E-state index contributed by atoms with van der Waals surface area (Å²) < 4.78 is 36.8. The van der Waals surface area contributed by atoms with Gasteiger partial charge in [-0.25, -0.2) is 0 Å². The summed E-state index contributed by atoms with van der Waals surface area (Å²) in [7, 11) is 0. The molecule has 1 fully saturated rings. The van der Waals surface area contributed by atoms with Gasteiger partial charge in [0.15, 0.2) is 0 Å². The summed E-state index contributed by atoms with van der Waals surface area (Å²) in [5.74, 6) is 1.83. The third kappa shape index (κ3) is 5.61. The summed E-state index contributed by atoms with van der Waals surface area (Å²) in [6.45, 7) is 0.918. The third-order valence-electron chi connectivity index (χ3n) is 2.37. The summed E-state index contributed by atoms with van der Waals surface area (Å²) in [6.07, 6.45) is 0. The molecule has 0 spiro atoms. The molecule has 0 radical (unpaired) electrons. The van der Waals surface area contributed by atoms with Crippen LogP contribution in [0.1, 0.15) is 6.92 Å². The molecule has 0 saturated carbocycles. The van der Waals surface area contributed by atoms with Crippen molar-refractivity contribution in [2.45, 2.75) is 13.0 Å². The van der Waals surface area contributed by atoms with Crippen molar-refractivity contribution in [2.24, 2.45) is 0 Å². The van der Waals surface area contributed by atoms with Crippen molar-refractivity contribution in [3.8, 4) is 0 Å². The molecular formula is C8H14BF3KNS. The first-order valence-corrected chi connectivity index (χ1v) is 5.76.